The van der Waals surface area contributed by atoms with Gasteiger partial charge in [-0.3, -0.25) is 4.98 Å². The average Bonchev–Trinajstić information content (AvgIpc) is 3.34. The highest BCUT2D eigenvalue weighted by molar-refractivity contribution is 7.92. The molecule has 8 heteroatoms. The number of pyridine rings is 1. The summed E-state index contributed by atoms with van der Waals surface area (Å²) in [6, 6.07) is 18.6. The van der Waals surface area contributed by atoms with Crippen LogP contribution in [-0.4, -0.2) is 33.5 Å². The van der Waals surface area contributed by atoms with Crippen molar-refractivity contribution in [2.75, 3.05) is 0 Å². The SMILES string of the molecule is Cc1ccc(S(=O)(=O)[C@H]2CCC3=Cc4c(cnn4-c4ccc(F)cc4)C[C@]3(C(C)(O)c3ccccn3)C2)cc1. The van der Waals surface area contributed by atoms with Crippen molar-refractivity contribution in [3.63, 3.8) is 0 Å². The van der Waals surface area contributed by atoms with Crippen LogP contribution >= 0.6 is 0 Å². The van der Waals surface area contributed by atoms with Crippen LogP contribution in [0.5, 0.6) is 0 Å². The van der Waals surface area contributed by atoms with E-state index in [-0.39, 0.29) is 12.2 Å². The fourth-order valence-electron chi connectivity index (χ4n) is 6.30. The van der Waals surface area contributed by atoms with Crippen LogP contribution in [0.2, 0.25) is 0 Å². The summed E-state index contributed by atoms with van der Waals surface area (Å²) in [6.45, 7) is 3.68. The molecule has 0 spiro atoms. The zero-order chi connectivity index (χ0) is 27.4. The third-order valence-electron chi connectivity index (χ3n) is 8.57. The fourth-order valence-corrected chi connectivity index (χ4v) is 8.13. The van der Waals surface area contributed by atoms with Crippen LogP contribution in [-0.2, 0) is 21.9 Å². The molecule has 1 N–H and O–H groups in total. The van der Waals surface area contributed by atoms with Crippen molar-refractivity contribution in [3.8, 4) is 5.69 Å². The minimum atomic E-state index is -3.64. The molecule has 39 heavy (non-hydrogen) atoms. The second-order valence-corrected chi connectivity index (χ2v) is 13.1. The van der Waals surface area contributed by atoms with Crippen LogP contribution in [0.25, 0.3) is 11.8 Å². The molecule has 2 aliphatic rings. The van der Waals surface area contributed by atoms with Gasteiger partial charge in [-0.2, -0.15) is 5.10 Å². The van der Waals surface area contributed by atoms with E-state index in [1.807, 2.05) is 31.2 Å². The van der Waals surface area contributed by atoms with Crippen molar-refractivity contribution in [3.05, 3.63) is 113 Å². The van der Waals surface area contributed by atoms with E-state index in [1.54, 1.807) is 60.4 Å². The first-order valence-corrected chi connectivity index (χ1v) is 14.6. The van der Waals surface area contributed by atoms with E-state index in [0.29, 0.717) is 29.9 Å². The van der Waals surface area contributed by atoms with Gasteiger partial charge in [-0.25, -0.2) is 17.5 Å². The molecular weight excluding hydrogens is 513 g/mol. The number of aliphatic hydroxyl groups is 1. The average molecular weight is 544 g/mol. The van der Waals surface area contributed by atoms with E-state index < -0.39 is 26.1 Å². The molecule has 2 aromatic heterocycles. The predicted molar refractivity (Wildman–Crippen MR) is 147 cm³/mol. The quantitative estimate of drug-likeness (QED) is 0.356. The number of rotatable bonds is 5. The van der Waals surface area contributed by atoms with Crippen molar-refractivity contribution >= 4 is 15.9 Å². The van der Waals surface area contributed by atoms with Crippen LogP contribution < -0.4 is 0 Å². The van der Waals surface area contributed by atoms with Crippen molar-refractivity contribution in [1.29, 1.82) is 0 Å². The molecular formula is C31H30FN3O3S. The normalized spacial score (nSPS) is 22.4. The molecule has 6 nitrogen and oxygen atoms in total. The molecule has 0 aliphatic heterocycles. The van der Waals surface area contributed by atoms with Gasteiger partial charge < -0.3 is 5.11 Å². The minimum absolute atomic E-state index is 0.250. The topological polar surface area (TPSA) is 85.1 Å². The van der Waals surface area contributed by atoms with Gasteiger partial charge in [0.25, 0.3) is 0 Å². The molecule has 1 saturated carbocycles. The highest BCUT2D eigenvalue weighted by atomic mass is 32.2. The van der Waals surface area contributed by atoms with Gasteiger partial charge >= 0.3 is 0 Å². The summed E-state index contributed by atoms with van der Waals surface area (Å²) in [5, 5.41) is 16.2. The summed E-state index contributed by atoms with van der Waals surface area (Å²) < 4.78 is 43.1. The van der Waals surface area contributed by atoms with Crippen LogP contribution in [0.4, 0.5) is 4.39 Å². The second kappa shape index (κ2) is 9.24. The number of hydrogen-bond acceptors (Lipinski definition) is 5. The molecule has 4 aromatic rings. The molecule has 0 saturated heterocycles. The summed E-state index contributed by atoms with van der Waals surface area (Å²) in [5.74, 6) is -0.323. The van der Waals surface area contributed by atoms with Gasteiger partial charge in [0, 0.05) is 11.6 Å². The molecule has 6 rings (SSSR count). The summed E-state index contributed by atoms with van der Waals surface area (Å²) >= 11 is 0. The number of nitrogens with zero attached hydrogens (tertiary/aromatic N) is 3. The number of benzene rings is 2. The molecule has 2 aromatic carbocycles. The first-order valence-electron chi connectivity index (χ1n) is 13.1. The number of aromatic nitrogens is 3. The van der Waals surface area contributed by atoms with Gasteiger partial charge in [0.1, 0.15) is 11.4 Å². The molecule has 0 radical (unpaired) electrons. The van der Waals surface area contributed by atoms with Crippen molar-refractivity contribution in [2.24, 2.45) is 5.41 Å². The Balaban J connectivity index is 1.48. The van der Waals surface area contributed by atoms with Crippen molar-refractivity contribution in [2.45, 2.75) is 55.3 Å². The summed E-state index contributed by atoms with van der Waals surface area (Å²) in [7, 11) is -3.64. The number of sulfone groups is 1. The Morgan fingerprint density at radius 1 is 1.08 bits per heavy atom. The van der Waals surface area contributed by atoms with Crippen LogP contribution in [0.15, 0.2) is 89.6 Å². The van der Waals surface area contributed by atoms with Crippen molar-refractivity contribution in [1.82, 2.24) is 14.8 Å². The Morgan fingerprint density at radius 3 is 2.51 bits per heavy atom. The molecule has 3 atom stereocenters. The van der Waals surface area contributed by atoms with Gasteiger partial charge in [0.05, 0.1) is 33.4 Å². The summed E-state index contributed by atoms with van der Waals surface area (Å²) in [5.41, 5.74) is 2.60. The Kier molecular flexibility index (Phi) is 6.08. The number of halogens is 1. The number of aryl methyl sites for hydroxylation is 1. The lowest BCUT2D eigenvalue weighted by molar-refractivity contribution is -0.0717. The van der Waals surface area contributed by atoms with Crippen LogP contribution in [0, 0.1) is 18.2 Å². The van der Waals surface area contributed by atoms with Crippen molar-refractivity contribution < 1.29 is 17.9 Å². The van der Waals surface area contributed by atoms with Gasteiger partial charge in [0.2, 0.25) is 0 Å². The smallest absolute Gasteiger partial charge is 0.181 e. The second-order valence-electron chi connectivity index (χ2n) is 10.9. The molecule has 1 fully saturated rings. The molecule has 0 amide bonds. The van der Waals surface area contributed by atoms with E-state index >= 15 is 0 Å². The van der Waals surface area contributed by atoms with Crippen LogP contribution in [0.3, 0.4) is 0 Å². The largest absolute Gasteiger partial charge is 0.383 e. The molecule has 2 aliphatic carbocycles. The first kappa shape index (κ1) is 25.6. The molecule has 200 valence electrons. The number of hydrogen-bond donors (Lipinski definition) is 1. The third kappa shape index (κ3) is 4.13. The van der Waals surface area contributed by atoms with Gasteiger partial charge in [-0.1, -0.05) is 29.3 Å². The zero-order valence-corrected chi connectivity index (χ0v) is 22.7. The van der Waals surface area contributed by atoms with Crippen LogP contribution in [0.1, 0.15) is 48.7 Å². The Hall–Kier alpha value is -3.62. The first-order chi connectivity index (χ1) is 18.6. The fraction of sp³-hybridized carbons (Fsp3) is 0.290. The number of fused-ring (bicyclic) bond motifs is 2. The van der Waals surface area contributed by atoms with Gasteiger partial charge in [-0.05, 0) is 99.7 Å². The minimum Gasteiger partial charge on any atom is -0.383 e. The lowest BCUT2D eigenvalue weighted by Gasteiger charge is -2.52. The lowest BCUT2D eigenvalue weighted by atomic mass is 9.55. The lowest BCUT2D eigenvalue weighted by Crippen LogP contribution is -2.53. The Bertz CT molecular complexity index is 1660. The zero-order valence-electron chi connectivity index (χ0n) is 21.9. The maximum absolute atomic E-state index is 13.9. The standard InChI is InChI=1S/C31H30FN3O3S/c1-21-6-13-26(14-7-21)39(37,38)27-15-8-23-17-28-22(20-34-35(28)25-11-9-24(32)10-12-25)18-31(23,19-27)30(2,36)29-5-3-4-16-33-29/h3-7,9-14,16-17,20,27,36H,8,15,18-19H2,1-2H3/t27-,30?,31-/m0/s1. The predicted octanol–water partition coefficient (Wildman–Crippen LogP) is 5.57. The maximum atomic E-state index is 13.9. The van der Waals surface area contributed by atoms with Gasteiger partial charge in [0.15, 0.2) is 9.84 Å². The van der Waals surface area contributed by atoms with E-state index in [9.17, 15) is 17.9 Å². The van der Waals surface area contributed by atoms with E-state index in [4.69, 9.17) is 0 Å². The van der Waals surface area contributed by atoms with Gasteiger partial charge in [-0.15, -0.1) is 0 Å². The monoisotopic (exact) mass is 543 g/mol. The summed E-state index contributed by atoms with van der Waals surface area (Å²) in [6.07, 6.45) is 7.06. The highest BCUT2D eigenvalue weighted by Crippen LogP contribution is 2.58. The van der Waals surface area contributed by atoms with E-state index in [2.05, 4.69) is 10.1 Å². The Labute approximate surface area is 227 Å². The maximum Gasteiger partial charge on any atom is 0.181 e. The molecule has 1 unspecified atom stereocenters. The molecule has 0 bridgehead atoms. The Morgan fingerprint density at radius 2 is 1.82 bits per heavy atom. The third-order valence-corrected chi connectivity index (χ3v) is 10.8. The summed E-state index contributed by atoms with van der Waals surface area (Å²) in [4.78, 5) is 4.80. The van der Waals surface area contributed by atoms with E-state index in [0.717, 1.165) is 28.1 Å². The van der Waals surface area contributed by atoms with E-state index in [1.165, 1.54) is 12.1 Å². The molecule has 2 heterocycles. The highest BCUT2D eigenvalue weighted by Gasteiger charge is 2.57.